The summed E-state index contributed by atoms with van der Waals surface area (Å²) in [5.41, 5.74) is 0. The van der Waals surface area contributed by atoms with Crippen molar-refractivity contribution in [2.45, 2.75) is 20.8 Å². The molecule has 0 heterocycles. The van der Waals surface area contributed by atoms with Crippen molar-refractivity contribution in [2.24, 2.45) is 0 Å². The van der Waals surface area contributed by atoms with Gasteiger partial charge in [-0.05, 0) is 36.4 Å². The van der Waals surface area contributed by atoms with Gasteiger partial charge in [0.2, 0.25) is 0 Å². The average molecular weight is 501 g/mol. The van der Waals surface area contributed by atoms with E-state index in [2.05, 4.69) is 12.5 Å². The molecule has 0 amide bonds. The van der Waals surface area contributed by atoms with Crippen LogP contribution in [0.3, 0.4) is 0 Å². The highest BCUT2D eigenvalue weighted by Crippen LogP contribution is 2.29. The Kier molecular flexibility index (Phi) is 6.80. The summed E-state index contributed by atoms with van der Waals surface area (Å²) in [6.45, 7) is 0. The molecule has 0 aliphatic carbocycles. The molecule has 0 aromatic heterocycles. The number of hydrogen-bond donors (Lipinski definition) is 1. The lowest BCUT2D eigenvalue weighted by molar-refractivity contribution is -0.380. The van der Waals surface area contributed by atoms with E-state index < -0.39 is 51.2 Å². The van der Waals surface area contributed by atoms with Crippen molar-refractivity contribution in [3.63, 3.8) is 0 Å². The van der Waals surface area contributed by atoms with E-state index in [9.17, 15) is 30.4 Å². The zero-order valence-corrected chi connectivity index (χ0v) is 18.5. The standard InChI is InChI=1S/C19H16O10S3/c20-19(27-30(21,22)16-10-4-1-5-11-16,28-31(23,24)17-12-6-2-7-13-17)29-32(25,26)18-14-8-3-9-15-18/h1-15,20H. The first-order valence-electron chi connectivity index (χ1n) is 8.68. The Balaban J connectivity index is 2.04. The Bertz CT molecular complexity index is 1200. The molecule has 32 heavy (non-hydrogen) atoms. The van der Waals surface area contributed by atoms with Gasteiger partial charge in [-0.1, -0.05) is 54.6 Å². The van der Waals surface area contributed by atoms with Gasteiger partial charge < -0.3 is 5.11 Å². The van der Waals surface area contributed by atoms with E-state index in [0.29, 0.717) is 0 Å². The molecule has 0 atom stereocenters. The summed E-state index contributed by atoms with van der Waals surface area (Å²) in [5.74, 6) is 0. The van der Waals surface area contributed by atoms with Crippen LogP contribution in [0.5, 0.6) is 0 Å². The topological polar surface area (TPSA) is 150 Å². The summed E-state index contributed by atoms with van der Waals surface area (Å²) in [4.78, 5) is -1.58. The molecule has 0 saturated carbocycles. The molecule has 170 valence electrons. The van der Waals surface area contributed by atoms with Gasteiger partial charge in [0.15, 0.2) is 0 Å². The second-order valence-electron chi connectivity index (χ2n) is 6.08. The van der Waals surface area contributed by atoms with Crippen LogP contribution in [-0.2, 0) is 42.9 Å². The van der Waals surface area contributed by atoms with Gasteiger partial charge >= 0.3 is 36.5 Å². The molecule has 13 heteroatoms. The minimum Gasteiger partial charge on any atom is -0.316 e. The second-order valence-corrected chi connectivity index (χ2v) is 10.7. The van der Waals surface area contributed by atoms with Gasteiger partial charge in [0.05, 0.1) is 14.7 Å². The zero-order valence-electron chi connectivity index (χ0n) is 16.0. The minimum atomic E-state index is -4.96. The molecule has 0 aliphatic rings. The normalized spacial score (nSPS) is 13.0. The molecule has 0 spiro atoms. The summed E-state index contributed by atoms with van der Waals surface area (Å²) >= 11 is 0. The minimum absolute atomic E-state index is 0.528. The van der Waals surface area contributed by atoms with Crippen LogP contribution in [0.1, 0.15) is 0 Å². The number of aliphatic hydroxyl groups is 1. The molecule has 3 aromatic carbocycles. The van der Waals surface area contributed by atoms with E-state index in [4.69, 9.17) is 0 Å². The molecule has 3 rings (SSSR count). The molecule has 0 radical (unpaired) electrons. The smallest absolute Gasteiger partial charge is 0.316 e. The maximum Gasteiger partial charge on any atom is 0.454 e. The summed E-state index contributed by atoms with van der Waals surface area (Å²) in [7, 11) is -14.9. The lowest BCUT2D eigenvalue weighted by Gasteiger charge is -2.25. The predicted molar refractivity (Wildman–Crippen MR) is 109 cm³/mol. The van der Waals surface area contributed by atoms with Crippen LogP contribution in [0.25, 0.3) is 0 Å². The average Bonchev–Trinajstić information content (AvgIpc) is 2.74. The Labute approximate surface area is 185 Å². The summed E-state index contributed by atoms with van der Waals surface area (Å²) < 4.78 is 88.7. The van der Waals surface area contributed by atoms with E-state index in [1.807, 2.05) is 0 Å². The monoisotopic (exact) mass is 500 g/mol. The molecule has 3 aromatic rings. The highest BCUT2D eigenvalue weighted by atomic mass is 32.2. The molecular weight excluding hydrogens is 484 g/mol. The Morgan fingerprint density at radius 1 is 0.469 bits per heavy atom. The highest BCUT2D eigenvalue weighted by Gasteiger charge is 2.48. The molecule has 0 bridgehead atoms. The van der Waals surface area contributed by atoms with Crippen LogP contribution in [0.2, 0.25) is 0 Å². The van der Waals surface area contributed by atoms with Crippen LogP contribution in [0.4, 0.5) is 0 Å². The van der Waals surface area contributed by atoms with Crippen molar-refractivity contribution >= 4 is 30.4 Å². The van der Waals surface area contributed by atoms with Crippen LogP contribution < -0.4 is 0 Å². The fourth-order valence-corrected chi connectivity index (χ4v) is 5.29. The van der Waals surface area contributed by atoms with Gasteiger partial charge in [-0.3, -0.25) is 0 Å². The van der Waals surface area contributed by atoms with Gasteiger partial charge in [-0.25, -0.2) is 0 Å². The molecule has 10 nitrogen and oxygen atoms in total. The molecule has 0 aliphatic heterocycles. The van der Waals surface area contributed by atoms with Crippen molar-refractivity contribution in [3.05, 3.63) is 91.0 Å². The first-order chi connectivity index (χ1) is 14.9. The van der Waals surface area contributed by atoms with Gasteiger partial charge in [0.25, 0.3) is 0 Å². The van der Waals surface area contributed by atoms with Crippen molar-refractivity contribution in [1.82, 2.24) is 0 Å². The van der Waals surface area contributed by atoms with Gasteiger partial charge in [0.1, 0.15) is 0 Å². The van der Waals surface area contributed by atoms with E-state index >= 15 is 0 Å². The summed E-state index contributed by atoms with van der Waals surface area (Å²) in [5, 5.41) is 10.6. The molecular formula is C19H16O10S3. The second kappa shape index (κ2) is 9.07. The third-order valence-electron chi connectivity index (χ3n) is 3.74. The molecule has 0 unspecified atom stereocenters. The van der Waals surface area contributed by atoms with Crippen molar-refractivity contribution in [1.29, 1.82) is 0 Å². The van der Waals surface area contributed by atoms with Gasteiger partial charge in [0, 0.05) is 0 Å². The Morgan fingerprint density at radius 3 is 0.906 bits per heavy atom. The first kappa shape index (κ1) is 24.0. The van der Waals surface area contributed by atoms with Crippen LogP contribution in [0.15, 0.2) is 106 Å². The highest BCUT2D eigenvalue weighted by molar-refractivity contribution is 7.88. The number of rotatable bonds is 9. The zero-order chi connectivity index (χ0) is 23.5. The molecule has 1 N–H and O–H groups in total. The van der Waals surface area contributed by atoms with Crippen LogP contribution in [-0.4, -0.2) is 36.5 Å². The lowest BCUT2D eigenvalue weighted by Crippen LogP contribution is -2.44. The van der Waals surface area contributed by atoms with Crippen molar-refractivity contribution < 1.29 is 42.9 Å². The van der Waals surface area contributed by atoms with Gasteiger partial charge in [-0.2, -0.15) is 37.8 Å². The Morgan fingerprint density at radius 2 is 0.688 bits per heavy atom. The maximum absolute atomic E-state index is 12.6. The SMILES string of the molecule is O=S(=O)(OC(O)(OS(=O)(=O)c1ccccc1)OS(=O)(=O)c1ccccc1)c1ccccc1. The third kappa shape index (κ3) is 5.77. The van der Waals surface area contributed by atoms with Crippen molar-refractivity contribution in [3.8, 4) is 0 Å². The fourth-order valence-electron chi connectivity index (χ4n) is 2.36. The quantitative estimate of drug-likeness (QED) is 0.340. The lowest BCUT2D eigenvalue weighted by atomic mass is 10.4. The molecule has 0 fully saturated rings. The fraction of sp³-hybridized carbons (Fsp3) is 0.0526. The van der Waals surface area contributed by atoms with Crippen LogP contribution in [0, 0.1) is 0 Å². The largest absolute Gasteiger partial charge is 0.454 e. The van der Waals surface area contributed by atoms with Crippen molar-refractivity contribution in [2.75, 3.05) is 0 Å². The Hall–Kier alpha value is -2.65. The van der Waals surface area contributed by atoms with E-state index in [1.54, 1.807) is 0 Å². The van der Waals surface area contributed by atoms with E-state index in [0.717, 1.165) is 36.4 Å². The van der Waals surface area contributed by atoms with Gasteiger partial charge in [-0.15, -0.1) is 0 Å². The van der Waals surface area contributed by atoms with E-state index in [-0.39, 0.29) is 0 Å². The number of hydrogen-bond acceptors (Lipinski definition) is 10. The van der Waals surface area contributed by atoms with Crippen LogP contribution >= 0.6 is 0 Å². The summed E-state index contributed by atoms with van der Waals surface area (Å²) in [6.07, 6.45) is -4.10. The maximum atomic E-state index is 12.6. The third-order valence-corrected chi connectivity index (χ3v) is 7.58. The number of benzene rings is 3. The first-order valence-corrected chi connectivity index (χ1v) is 12.9. The van der Waals surface area contributed by atoms with E-state index in [1.165, 1.54) is 54.6 Å². The predicted octanol–water partition coefficient (Wildman–Crippen LogP) is 1.81. The summed E-state index contributed by atoms with van der Waals surface area (Å²) in [6, 6.07) is 18.7. The molecule has 0 saturated heterocycles.